The second kappa shape index (κ2) is 13.8. The Morgan fingerprint density at radius 2 is 1.46 bits per heavy atom. The summed E-state index contributed by atoms with van der Waals surface area (Å²) in [6.07, 6.45) is 2.39. The van der Waals surface area contributed by atoms with Gasteiger partial charge in [0.1, 0.15) is 5.75 Å². The number of fused-ring (bicyclic) bond motifs is 2. The Balaban J connectivity index is 1.43. The Hall–Kier alpha value is -4.50. The molecule has 276 valence electrons. The summed E-state index contributed by atoms with van der Waals surface area (Å²) in [5.74, 6) is 1.46. The van der Waals surface area contributed by atoms with Crippen LogP contribution in [0.1, 0.15) is 51.0 Å². The van der Waals surface area contributed by atoms with Crippen LogP contribution in [-0.2, 0) is 42.4 Å². The number of hydrogen-bond acceptors (Lipinski definition) is 10. The van der Waals surface area contributed by atoms with Crippen molar-refractivity contribution in [2.75, 3.05) is 41.4 Å². The summed E-state index contributed by atoms with van der Waals surface area (Å²) in [6.45, 7) is 1.23. The van der Waals surface area contributed by atoms with E-state index in [4.69, 9.17) is 18.9 Å². The topological polar surface area (TPSA) is 107 Å². The van der Waals surface area contributed by atoms with E-state index in [1.54, 1.807) is 26.4 Å². The average Bonchev–Trinajstić information content (AvgIpc) is 3.11. The summed E-state index contributed by atoms with van der Waals surface area (Å²) in [6, 6.07) is 16.8. The molecule has 52 heavy (non-hydrogen) atoms. The molecular weight excluding hydrogens is 701 g/mol. The molecule has 0 saturated heterocycles. The van der Waals surface area contributed by atoms with Crippen molar-refractivity contribution < 1.29 is 49.8 Å². The number of alkyl halides is 3. The van der Waals surface area contributed by atoms with Gasteiger partial charge in [0.05, 0.1) is 20.8 Å². The Bertz CT molecular complexity index is 2110. The average molecular weight is 741 g/mol. The van der Waals surface area contributed by atoms with Crippen molar-refractivity contribution in [2.24, 2.45) is 0 Å². The first kappa shape index (κ1) is 35.9. The van der Waals surface area contributed by atoms with Gasteiger partial charge in [-0.2, -0.15) is 21.6 Å². The molecule has 4 aliphatic rings. The van der Waals surface area contributed by atoms with Crippen molar-refractivity contribution in [1.29, 1.82) is 0 Å². The molecule has 8 rings (SSSR count). The maximum atomic E-state index is 13.4. The van der Waals surface area contributed by atoms with E-state index in [1.807, 2.05) is 44.4 Å². The monoisotopic (exact) mass is 740 g/mol. The molecule has 0 unspecified atom stereocenters. The standard InChI is InChI=1S/C38H39F3N2O8S/c1-42-13-11-24-19-32(47-3)34-20-28(24)29(42)16-23-7-10-31(51-52(45,46)38(39,40)41)33(17-23)49-27-8-5-22(6-9-27)15-30-35-25(12-14-43(30)2)18-26(21-44)36(48-4)37(35)50-34/h5-10,17-20,29-30,44H,11-16,21H2,1-4H3/t29-,30+/m1/s1. The third-order valence-corrected chi connectivity index (χ3v) is 11.1. The molecule has 14 heteroatoms. The van der Waals surface area contributed by atoms with Gasteiger partial charge in [0.2, 0.25) is 0 Å². The number of hydrogen-bond donors (Lipinski definition) is 1. The van der Waals surface area contributed by atoms with Crippen LogP contribution in [0.25, 0.3) is 0 Å². The first-order chi connectivity index (χ1) is 24.8. The normalized spacial score (nSPS) is 19.1. The Morgan fingerprint density at radius 3 is 2.13 bits per heavy atom. The molecule has 6 bridgehead atoms. The number of aliphatic hydroxyl groups is 1. The zero-order valence-electron chi connectivity index (χ0n) is 29.1. The minimum absolute atomic E-state index is 0.169. The van der Waals surface area contributed by atoms with Gasteiger partial charge in [-0.15, -0.1) is 0 Å². The third kappa shape index (κ3) is 6.64. The summed E-state index contributed by atoms with van der Waals surface area (Å²) in [5.41, 5.74) is 0.559. The van der Waals surface area contributed by atoms with Crippen LogP contribution >= 0.6 is 0 Å². The van der Waals surface area contributed by atoms with Crippen LogP contribution in [0.15, 0.2) is 60.7 Å². The molecule has 0 fully saturated rings. The van der Waals surface area contributed by atoms with Crippen LogP contribution in [0.5, 0.6) is 40.2 Å². The summed E-state index contributed by atoms with van der Waals surface area (Å²) in [7, 11) is 1.21. The molecule has 0 spiro atoms. The minimum atomic E-state index is -5.96. The van der Waals surface area contributed by atoms with Gasteiger partial charge >= 0.3 is 15.6 Å². The SMILES string of the molecule is COc1cc2c3cc1Oc1c(OC)c(CO)cc4c1[C@H](Cc1ccc(cc1)Oc1cc(ccc1OS(=O)(=O)C(F)(F)F)C[C@H]3N(C)CC2)N(C)CC4. The minimum Gasteiger partial charge on any atom is -0.493 e. The number of ether oxygens (including phenoxy) is 4. The van der Waals surface area contributed by atoms with Crippen LogP contribution in [0.4, 0.5) is 13.2 Å². The van der Waals surface area contributed by atoms with Gasteiger partial charge in [0.15, 0.2) is 34.5 Å². The van der Waals surface area contributed by atoms with Gasteiger partial charge in [0, 0.05) is 36.3 Å². The molecule has 0 aromatic heterocycles. The number of rotatable bonds is 5. The molecule has 4 aromatic carbocycles. The Labute approximate surface area is 300 Å². The number of halogens is 3. The Kier molecular flexibility index (Phi) is 9.53. The van der Waals surface area contributed by atoms with Crippen molar-refractivity contribution in [2.45, 2.75) is 49.9 Å². The molecule has 4 aromatic rings. The highest BCUT2D eigenvalue weighted by Gasteiger charge is 2.49. The molecule has 0 aliphatic carbocycles. The summed E-state index contributed by atoms with van der Waals surface area (Å²) in [5, 5.41) is 10.4. The maximum Gasteiger partial charge on any atom is 0.534 e. The molecule has 0 saturated carbocycles. The lowest BCUT2D eigenvalue weighted by Crippen LogP contribution is -2.34. The maximum absolute atomic E-state index is 13.4. The number of likely N-dealkylation sites (N-methyl/N-ethyl adjacent to an activating group) is 2. The molecule has 4 aliphatic heterocycles. The molecule has 10 nitrogen and oxygen atoms in total. The lowest BCUT2D eigenvalue weighted by atomic mass is 9.86. The van der Waals surface area contributed by atoms with Crippen LogP contribution in [0, 0.1) is 0 Å². The predicted molar refractivity (Wildman–Crippen MR) is 186 cm³/mol. The van der Waals surface area contributed by atoms with Gasteiger partial charge in [-0.25, -0.2) is 0 Å². The van der Waals surface area contributed by atoms with E-state index in [-0.39, 0.29) is 30.2 Å². The van der Waals surface area contributed by atoms with Crippen molar-refractivity contribution in [1.82, 2.24) is 9.80 Å². The van der Waals surface area contributed by atoms with Crippen LogP contribution in [0.2, 0.25) is 0 Å². The zero-order valence-corrected chi connectivity index (χ0v) is 29.9. The summed E-state index contributed by atoms with van der Waals surface area (Å²) >= 11 is 0. The number of aliphatic hydroxyl groups excluding tert-OH is 1. The fourth-order valence-electron chi connectivity index (χ4n) is 7.42. The zero-order chi connectivity index (χ0) is 36.9. The van der Waals surface area contributed by atoms with Crippen LogP contribution < -0.4 is 23.1 Å². The van der Waals surface area contributed by atoms with E-state index in [9.17, 15) is 26.7 Å². The Morgan fingerprint density at radius 1 is 0.808 bits per heavy atom. The number of methoxy groups -OCH3 is 2. The van der Waals surface area contributed by atoms with Gasteiger partial charge in [-0.1, -0.05) is 18.2 Å². The first-order valence-corrected chi connectivity index (χ1v) is 18.2. The van der Waals surface area contributed by atoms with E-state index in [1.165, 1.54) is 18.2 Å². The molecular formula is C38H39F3N2O8S. The lowest BCUT2D eigenvalue weighted by Gasteiger charge is -2.37. The largest absolute Gasteiger partial charge is 0.534 e. The van der Waals surface area contributed by atoms with Crippen LogP contribution in [0.3, 0.4) is 0 Å². The fourth-order valence-corrected chi connectivity index (χ4v) is 7.89. The first-order valence-electron chi connectivity index (χ1n) is 16.8. The molecule has 0 radical (unpaired) electrons. The summed E-state index contributed by atoms with van der Waals surface area (Å²) in [4.78, 5) is 4.41. The van der Waals surface area contributed by atoms with E-state index in [2.05, 4.69) is 14.0 Å². The van der Waals surface area contributed by atoms with Crippen molar-refractivity contribution in [3.05, 3.63) is 99.6 Å². The van der Waals surface area contributed by atoms with E-state index in [0.717, 1.165) is 53.7 Å². The van der Waals surface area contributed by atoms with Crippen LogP contribution in [-0.4, -0.2) is 70.2 Å². The summed E-state index contributed by atoms with van der Waals surface area (Å²) < 4.78 is 93.7. The van der Waals surface area contributed by atoms with E-state index >= 15 is 0 Å². The van der Waals surface area contributed by atoms with Crippen molar-refractivity contribution in [3.63, 3.8) is 0 Å². The number of benzene rings is 4. The highest BCUT2D eigenvalue weighted by atomic mass is 32.2. The van der Waals surface area contributed by atoms with Gasteiger partial charge in [-0.05, 0) is 110 Å². The molecule has 2 atom stereocenters. The third-order valence-electron chi connectivity index (χ3n) is 10.2. The second-order valence-electron chi connectivity index (χ2n) is 13.3. The van der Waals surface area contributed by atoms with Gasteiger partial charge < -0.3 is 28.2 Å². The molecule has 0 amide bonds. The highest BCUT2D eigenvalue weighted by molar-refractivity contribution is 7.88. The quantitative estimate of drug-likeness (QED) is 0.172. The van der Waals surface area contributed by atoms with E-state index < -0.39 is 21.4 Å². The van der Waals surface area contributed by atoms with Gasteiger partial charge in [0.25, 0.3) is 0 Å². The smallest absolute Gasteiger partial charge is 0.493 e. The predicted octanol–water partition coefficient (Wildman–Crippen LogP) is 6.87. The highest BCUT2D eigenvalue weighted by Crippen LogP contribution is 2.50. The molecule has 4 heterocycles. The second-order valence-corrected chi connectivity index (χ2v) is 14.9. The lowest BCUT2D eigenvalue weighted by molar-refractivity contribution is -0.0500. The fraction of sp³-hybridized carbons (Fsp3) is 0.368. The van der Waals surface area contributed by atoms with Gasteiger partial charge in [-0.3, -0.25) is 9.80 Å². The molecule has 1 N–H and O–H groups in total. The van der Waals surface area contributed by atoms with Crippen molar-refractivity contribution >= 4 is 10.1 Å². The van der Waals surface area contributed by atoms with E-state index in [0.29, 0.717) is 47.0 Å². The van der Waals surface area contributed by atoms with Crippen molar-refractivity contribution in [3.8, 4) is 40.2 Å². The number of nitrogens with zero attached hydrogens (tertiary/aromatic N) is 2.